The van der Waals surface area contributed by atoms with Gasteiger partial charge in [-0.05, 0) is 48.3 Å². The van der Waals surface area contributed by atoms with E-state index in [9.17, 15) is 4.79 Å². The monoisotopic (exact) mass is 462 g/mol. The smallest absolute Gasteiger partial charge is 0.256 e. The Balaban J connectivity index is 1.48. The average molecular weight is 463 g/mol. The van der Waals surface area contributed by atoms with Crippen LogP contribution in [-0.2, 0) is 12.8 Å². The lowest BCUT2D eigenvalue weighted by atomic mass is 9.72. The van der Waals surface area contributed by atoms with Crippen LogP contribution in [0.3, 0.4) is 0 Å². The molecule has 2 aromatic rings. The van der Waals surface area contributed by atoms with Gasteiger partial charge in [-0.15, -0.1) is 11.3 Å². The zero-order chi connectivity index (χ0) is 19.6. The number of rotatable bonds is 1. The van der Waals surface area contributed by atoms with Crippen LogP contribution in [0, 0.1) is 11.3 Å². The molecule has 0 spiro atoms. The van der Waals surface area contributed by atoms with E-state index >= 15 is 0 Å². The lowest BCUT2D eigenvalue weighted by Crippen LogP contribution is -2.38. The summed E-state index contributed by atoms with van der Waals surface area (Å²) in [6, 6.07) is 3.83. The third kappa shape index (κ3) is 2.90. The molecule has 2 aliphatic heterocycles. The Hall–Kier alpha value is -1.73. The van der Waals surface area contributed by atoms with E-state index < -0.39 is 0 Å². The van der Waals surface area contributed by atoms with E-state index in [1.54, 1.807) is 11.3 Å². The van der Waals surface area contributed by atoms with Gasteiger partial charge >= 0.3 is 0 Å². The van der Waals surface area contributed by atoms with E-state index in [4.69, 9.17) is 9.47 Å². The molecule has 7 heteroatoms. The van der Waals surface area contributed by atoms with Crippen molar-refractivity contribution in [3.8, 4) is 11.5 Å². The number of anilines is 1. The van der Waals surface area contributed by atoms with Crippen LogP contribution in [0.15, 0.2) is 16.6 Å². The van der Waals surface area contributed by atoms with E-state index in [0.717, 1.165) is 45.6 Å². The van der Waals surface area contributed by atoms with Gasteiger partial charge in [-0.1, -0.05) is 36.7 Å². The summed E-state index contributed by atoms with van der Waals surface area (Å²) in [5.41, 5.74) is 3.31. The molecule has 5 rings (SSSR count). The number of benzene rings is 1. The summed E-state index contributed by atoms with van der Waals surface area (Å²) in [5, 5.41) is 7.66. The van der Waals surface area contributed by atoms with Gasteiger partial charge in [0.25, 0.3) is 5.91 Å². The Bertz CT molecular complexity index is 979. The van der Waals surface area contributed by atoms with Gasteiger partial charge in [-0.2, -0.15) is 0 Å². The first-order valence-corrected chi connectivity index (χ1v) is 11.2. The van der Waals surface area contributed by atoms with Gasteiger partial charge in [0.15, 0.2) is 11.5 Å². The molecule has 0 fully saturated rings. The van der Waals surface area contributed by atoms with Crippen LogP contribution in [0.25, 0.3) is 0 Å². The van der Waals surface area contributed by atoms with Crippen LogP contribution in [0.5, 0.6) is 11.5 Å². The van der Waals surface area contributed by atoms with E-state index in [-0.39, 0.29) is 24.3 Å². The Morgan fingerprint density at radius 3 is 2.68 bits per heavy atom. The highest BCUT2D eigenvalue weighted by atomic mass is 79.9. The number of nitrogens with one attached hydrogen (secondary N) is 2. The molecule has 28 heavy (non-hydrogen) atoms. The van der Waals surface area contributed by atoms with Gasteiger partial charge in [0.2, 0.25) is 6.79 Å². The largest absolute Gasteiger partial charge is 0.454 e. The molecule has 0 saturated carbocycles. The number of amides is 1. The maximum atomic E-state index is 13.0. The van der Waals surface area contributed by atoms with Crippen molar-refractivity contribution in [2.75, 3.05) is 12.1 Å². The highest BCUT2D eigenvalue weighted by Crippen LogP contribution is 2.47. The highest BCUT2D eigenvalue weighted by molar-refractivity contribution is 9.10. The molecule has 1 aromatic carbocycles. The number of carbonyl (C=O) groups is 1. The summed E-state index contributed by atoms with van der Waals surface area (Å²) < 4.78 is 11.8. The minimum absolute atomic E-state index is 0.00928. The topological polar surface area (TPSA) is 59.6 Å². The molecule has 2 N–H and O–H groups in total. The number of ether oxygens (including phenoxy) is 2. The van der Waals surface area contributed by atoms with Gasteiger partial charge < -0.3 is 20.1 Å². The SMILES string of the molecule is CC(C)(C)[C@H]1CCc2c(sc3c2C(=O)N[C@H](c2cc4c(cc2Br)OCO4)N3)C1. The predicted octanol–water partition coefficient (Wildman–Crippen LogP) is 5.24. The Labute approximate surface area is 176 Å². The van der Waals surface area contributed by atoms with Gasteiger partial charge in [0.05, 0.1) is 5.56 Å². The maximum Gasteiger partial charge on any atom is 0.256 e. The van der Waals surface area contributed by atoms with E-state index in [0.29, 0.717) is 11.7 Å². The van der Waals surface area contributed by atoms with Crippen molar-refractivity contribution >= 4 is 38.2 Å². The van der Waals surface area contributed by atoms with Crippen molar-refractivity contribution in [3.05, 3.63) is 38.2 Å². The number of fused-ring (bicyclic) bond motifs is 4. The van der Waals surface area contributed by atoms with Gasteiger partial charge in [-0.3, -0.25) is 4.79 Å². The summed E-state index contributed by atoms with van der Waals surface area (Å²) >= 11 is 5.36. The second-order valence-electron chi connectivity index (χ2n) is 8.79. The maximum absolute atomic E-state index is 13.0. The molecule has 1 aromatic heterocycles. The second kappa shape index (κ2) is 6.39. The molecule has 148 valence electrons. The van der Waals surface area contributed by atoms with Gasteiger partial charge in [0.1, 0.15) is 11.2 Å². The number of hydrogen-bond acceptors (Lipinski definition) is 5. The molecule has 2 atom stereocenters. The third-order valence-corrected chi connectivity index (χ3v) is 7.94. The van der Waals surface area contributed by atoms with Crippen LogP contribution in [-0.4, -0.2) is 12.7 Å². The van der Waals surface area contributed by atoms with Crippen molar-refractivity contribution in [2.24, 2.45) is 11.3 Å². The minimum atomic E-state index is -0.303. The second-order valence-corrected chi connectivity index (χ2v) is 10.8. The molecule has 1 aliphatic carbocycles. The fourth-order valence-corrected chi connectivity index (χ4v) is 6.25. The van der Waals surface area contributed by atoms with Gasteiger partial charge in [0, 0.05) is 14.9 Å². The Morgan fingerprint density at radius 1 is 1.18 bits per heavy atom. The number of hydrogen-bond donors (Lipinski definition) is 2. The Morgan fingerprint density at radius 2 is 1.93 bits per heavy atom. The summed E-state index contributed by atoms with van der Waals surface area (Å²) in [5.74, 6) is 2.09. The molecule has 0 saturated heterocycles. The lowest BCUT2D eigenvalue weighted by molar-refractivity contribution is 0.0934. The van der Waals surface area contributed by atoms with Crippen molar-refractivity contribution < 1.29 is 14.3 Å². The van der Waals surface area contributed by atoms with Crippen molar-refractivity contribution in [1.29, 1.82) is 0 Å². The molecule has 0 radical (unpaired) electrons. The van der Waals surface area contributed by atoms with Crippen LogP contribution < -0.4 is 20.1 Å². The summed E-state index contributed by atoms with van der Waals surface area (Å²) in [7, 11) is 0. The third-order valence-electron chi connectivity index (χ3n) is 6.07. The quantitative estimate of drug-likeness (QED) is 0.607. The minimum Gasteiger partial charge on any atom is -0.454 e. The van der Waals surface area contributed by atoms with Crippen LogP contribution in [0.2, 0.25) is 0 Å². The van der Waals surface area contributed by atoms with E-state index in [1.165, 1.54) is 10.4 Å². The first-order chi connectivity index (χ1) is 13.3. The van der Waals surface area contributed by atoms with Crippen molar-refractivity contribution in [2.45, 2.75) is 46.2 Å². The van der Waals surface area contributed by atoms with E-state index in [2.05, 4.69) is 47.3 Å². The van der Waals surface area contributed by atoms with Crippen LogP contribution in [0.1, 0.15) is 59.7 Å². The molecule has 0 bridgehead atoms. The molecule has 3 aliphatic rings. The van der Waals surface area contributed by atoms with Crippen LogP contribution >= 0.6 is 27.3 Å². The first kappa shape index (κ1) is 18.3. The predicted molar refractivity (Wildman–Crippen MR) is 113 cm³/mol. The first-order valence-electron chi connectivity index (χ1n) is 9.62. The average Bonchev–Trinajstić information content (AvgIpc) is 3.22. The zero-order valence-electron chi connectivity index (χ0n) is 16.1. The summed E-state index contributed by atoms with van der Waals surface area (Å²) in [6.07, 6.45) is 2.88. The lowest BCUT2D eigenvalue weighted by Gasteiger charge is -2.34. The summed E-state index contributed by atoms with van der Waals surface area (Å²) in [6.45, 7) is 7.17. The van der Waals surface area contributed by atoms with Crippen molar-refractivity contribution in [3.63, 3.8) is 0 Å². The Kier molecular flexibility index (Phi) is 4.18. The normalized spacial score (nSPS) is 22.9. The molecular formula is C21H23BrN2O3S. The van der Waals surface area contributed by atoms with Crippen molar-refractivity contribution in [1.82, 2.24) is 5.32 Å². The zero-order valence-corrected chi connectivity index (χ0v) is 18.6. The molecule has 1 amide bonds. The number of thiophene rings is 1. The molecule has 5 nitrogen and oxygen atoms in total. The molecule has 0 unspecified atom stereocenters. The number of carbonyl (C=O) groups excluding carboxylic acids is 1. The van der Waals surface area contributed by atoms with E-state index in [1.807, 2.05) is 12.1 Å². The number of halogens is 1. The molecular weight excluding hydrogens is 440 g/mol. The summed E-state index contributed by atoms with van der Waals surface area (Å²) in [4.78, 5) is 14.4. The molecule has 3 heterocycles. The fraction of sp³-hybridized carbons (Fsp3) is 0.476. The van der Waals surface area contributed by atoms with Crippen LogP contribution in [0.4, 0.5) is 5.00 Å². The fourth-order valence-electron chi connectivity index (χ4n) is 4.35. The highest BCUT2D eigenvalue weighted by Gasteiger charge is 2.37. The van der Waals surface area contributed by atoms with Gasteiger partial charge in [-0.25, -0.2) is 0 Å². The standard InChI is InChI=1S/C21H23BrN2O3S/c1-21(2,3)10-4-5-11-16(6-10)28-20-17(11)19(25)23-18(24-20)12-7-14-15(8-13(12)22)27-9-26-14/h7-8,10,18,24H,4-6,9H2,1-3H3,(H,23,25)/t10-,18-/m0/s1.